The molecule has 1 fully saturated rings. The Labute approximate surface area is 191 Å². The van der Waals surface area contributed by atoms with Gasteiger partial charge in [0.05, 0.1) is 12.3 Å². The standard InChI is InChI=1S/C23H26N6O2S/c1-17(2)28(18-9-4-3-5-10-18)22(31)16-32-23-26-25-20(15-27-14-8-12-21(27)30)29(23)19-11-6-7-13-24-19/h3-7,9-11,13,17H,8,12,14-16H2,1-2H3. The molecule has 1 aliphatic rings. The van der Waals surface area contributed by atoms with Crippen molar-refractivity contribution in [3.8, 4) is 5.82 Å². The highest BCUT2D eigenvalue weighted by atomic mass is 32.2. The Morgan fingerprint density at radius 3 is 2.56 bits per heavy atom. The fourth-order valence-corrected chi connectivity index (χ4v) is 4.59. The number of thioether (sulfide) groups is 1. The number of aromatic nitrogens is 4. The normalized spacial score (nSPS) is 13.7. The van der Waals surface area contributed by atoms with Crippen molar-refractivity contribution in [2.75, 3.05) is 17.2 Å². The van der Waals surface area contributed by atoms with Crippen LogP contribution < -0.4 is 4.90 Å². The lowest BCUT2D eigenvalue weighted by Crippen LogP contribution is -2.38. The minimum atomic E-state index is -0.0111. The van der Waals surface area contributed by atoms with E-state index in [1.165, 1.54) is 11.8 Å². The number of anilines is 1. The molecule has 3 heterocycles. The number of carbonyl (C=O) groups excluding carboxylic acids is 2. The van der Waals surface area contributed by atoms with E-state index in [0.717, 1.165) is 18.7 Å². The van der Waals surface area contributed by atoms with Gasteiger partial charge in [-0.15, -0.1) is 10.2 Å². The van der Waals surface area contributed by atoms with E-state index in [9.17, 15) is 9.59 Å². The number of rotatable bonds is 8. The molecule has 0 saturated carbocycles. The second-order valence-electron chi connectivity index (χ2n) is 7.82. The van der Waals surface area contributed by atoms with Crippen molar-refractivity contribution in [3.63, 3.8) is 0 Å². The molecule has 0 atom stereocenters. The third kappa shape index (κ3) is 4.83. The molecule has 1 saturated heterocycles. The molecule has 3 aromatic rings. The summed E-state index contributed by atoms with van der Waals surface area (Å²) in [6.45, 7) is 5.09. The van der Waals surface area contributed by atoms with Gasteiger partial charge in [-0.1, -0.05) is 36.0 Å². The molecule has 0 spiro atoms. The van der Waals surface area contributed by atoms with Gasteiger partial charge in [0.15, 0.2) is 11.0 Å². The molecule has 4 rings (SSSR count). The number of likely N-dealkylation sites (tertiary alicyclic amines) is 1. The maximum atomic E-state index is 13.1. The lowest BCUT2D eigenvalue weighted by molar-refractivity contribution is -0.128. The number of amides is 2. The third-order valence-electron chi connectivity index (χ3n) is 5.23. The Balaban J connectivity index is 1.56. The van der Waals surface area contributed by atoms with Gasteiger partial charge in [0.1, 0.15) is 5.82 Å². The second-order valence-corrected chi connectivity index (χ2v) is 8.77. The van der Waals surface area contributed by atoms with E-state index in [1.54, 1.807) is 16.0 Å². The number of nitrogens with zero attached hydrogens (tertiary/aromatic N) is 6. The molecule has 2 amide bonds. The summed E-state index contributed by atoms with van der Waals surface area (Å²) < 4.78 is 1.84. The Bertz CT molecular complexity index is 1070. The Hall–Kier alpha value is -3.20. The molecular weight excluding hydrogens is 424 g/mol. The number of para-hydroxylation sites is 1. The smallest absolute Gasteiger partial charge is 0.237 e. The molecule has 0 aliphatic carbocycles. The van der Waals surface area contributed by atoms with E-state index in [0.29, 0.717) is 29.8 Å². The van der Waals surface area contributed by atoms with Gasteiger partial charge >= 0.3 is 0 Å². The zero-order valence-corrected chi connectivity index (χ0v) is 19.0. The predicted octanol–water partition coefficient (Wildman–Crippen LogP) is 3.32. The van der Waals surface area contributed by atoms with E-state index in [1.807, 2.05) is 66.9 Å². The summed E-state index contributed by atoms with van der Waals surface area (Å²) in [6, 6.07) is 15.3. The van der Waals surface area contributed by atoms with Crippen LogP contribution in [0.1, 0.15) is 32.5 Å². The summed E-state index contributed by atoms with van der Waals surface area (Å²) in [5, 5.41) is 9.25. The molecule has 9 heteroatoms. The van der Waals surface area contributed by atoms with E-state index in [2.05, 4.69) is 15.2 Å². The number of benzene rings is 1. The molecule has 8 nitrogen and oxygen atoms in total. The van der Waals surface area contributed by atoms with Crippen LogP contribution in [0, 0.1) is 0 Å². The van der Waals surface area contributed by atoms with Crippen molar-refractivity contribution in [2.45, 2.75) is 44.4 Å². The fraction of sp³-hybridized carbons (Fsp3) is 0.348. The van der Waals surface area contributed by atoms with Crippen LogP contribution in [-0.4, -0.2) is 54.8 Å². The fourth-order valence-electron chi connectivity index (χ4n) is 3.77. The molecule has 2 aromatic heterocycles. The molecule has 0 bridgehead atoms. The highest BCUT2D eigenvalue weighted by Crippen LogP contribution is 2.25. The average Bonchev–Trinajstić information content (AvgIpc) is 3.39. The highest BCUT2D eigenvalue weighted by molar-refractivity contribution is 7.99. The summed E-state index contributed by atoms with van der Waals surface area (Å²) in [7, 11) is 0. The highest BCUT2D eigenvalue weighted by Gasteiger charge is 2.25. The van der Waals surface area contributed by atoms with Crippen LogP contribution in [-0.2, 0) is 16.1 Å². The predicted molar refractivity (Wildman–Crippen MR) is 124 cm³/mol. The van der Waals surface area contributed by atoms with Crippen molar-refractivity contribution in [3.05, 3.63) is 60.6 Å². The molecule has 1 aliphatic heterocycles. The minimum absolute atomic E-state index is 0.0111. The van der Waals surface area contributed by atoms with Crippen molar-refractivity contribution in [1.29, 1.82) is 0 Å². The quantitative estimate of drug-likeness (QED) is 0.490. The van der Waals surface area contributed by atoms with Crippen LogP contribution in [0.2, 0.25) is 0 Å². The first-order valence-corrected chi connectivity index (χ1v) is 11.7. The van der Waals surface area contributed by atoms with Crippen LogP contribution in [0.3, 0.4) is 0 Å². The summed E-state index contributed by atoms with van der Waals surface area (Å²) >= 11 is 1.32. The summed E-state index contributed by atoms with van der Waals surface area (Å²) in [6.07, 6.45) is 3.13. The maximum Gasteiger partial charge on any atom is 0.237 e. The summed E-state index contributed by atoms with van der Waals surface area (Å²) in [4.78, 5) is 33.3. The molecule has 1 aromatic carbocycles. The molecular formula is C23H26N6O2S. The number of pyridine rings is 1. The Kier molecular flexibility index (Phi) is 6.84. The monoisotopic (exact) mass is 450 g/mol. The molecule has 166 valence electrons. The van der Waals surface area contributed by atoms with Crippen LogP contribution in [0.25, 0.3) is 5.82 Å². The van der Waals surface area contributed by atoms with Gasteiger partial charge in [0.25, 0.3) is 0 Å². The van der Waals surface area contributed by atoms with E-state index in [4.69, 9.17) is 0 Å². The van der Waals surface area contributed by atoms with Gasteiger partial charge in [-0.25, -0.2) is 4.98 Å². The van der Waals surface area contributed by atoms with Crippen molar-refractivity contribution in [2.24, 2.45) is 0 Å². The Morgan fingerprint density at radius 1 is 1.12 bits per heavy atom. The second kappa shape index (κ2) is 9.95. The van der Waals surface area contributed by atoms with Crippen LogP contribution in [0.5, 0.6) is 0 Å². The van der Waals surface area contributed by atoms with E-state index in [-0.39, 0.29) is 23.6 Å². The van der Waals surface area contributed by atoms with Gasteiger partial charge < -0.3 is 9.80 Å². The minimum Gasteiger partial charge on any atom is -0.335 e. The van der Waals surface area contributed by atoms with Gasteiger partial charge in [-0.2, -0.15) is 0 Å². The average molecular weight is 451 g/mol. The number of hydrogen-bond acceptors (Lipinski definition) is 6. The number of hydrogen-bond donors (Lipinski definition) is 0. The topological polar surface area (TPSA) is 84.2 Å². The molecule has 0 N–H and O–H groups in total. The van der Waals surface area contributed by atoms with E-state index < -0.39 is 0 Å². The first-order valence-electron chi connectivity index (χ1n) is 10.7. The van der Waals surface area contributed by atoms with Crippen LogP contribution in [0.15, 0.2) is 59.9 Å². The van der Waals surface area contributed by atoms with Gasteiger partial charge in [0.2, 0.25) is 11.8 Å². The summed E-state index contributed by atoms with van der Waals surface area (Å²) in [5.74, 6) is 1.62. The van der Waals surface area contributed by atoms with Crippen molar-refractivity contribution >= 4 is 29.3 Å². The molecule has 32 heavy (non-hydrogen) atoms. The van der Waals surface area contributed by atoms with Gasteiger partial charge in [0, 0.05) is 30.9 Å². The van der Waals surface area contributed by atoms with Gasteiger partial charge in [-0.3, -0.25) is 14.2 Å². The Morgan fingerprint density at radius 2 is 1.91 bits per heavy atom. The molecule has 0 radical (unpaired) electrons. The third-order valence-corrected chi connectivity index (χ3v) is 6.14. The van der Waals surface area contributed by atoms with Gasteiger partial charge in [-0.05, 0) is 44.5 Å². The first kappa shape index (κ1) is 22.0. The largest absolute Gasteiger partial charge is 0.335 e. The van der Waals surface area contributed by atoms with Crippen molar-refractivity contribution < 1.29 is 9.59 Å². The molecule has 0 unspecified atom stereocenters. The first-order chi connectivity index (χ1) is 15.5. The number of carbonyl (C=O) groups is 2. The van der Waals surface area contributed by atoms with E-state index >= 15 is 0 Å². The van der Waals surface area contributed by atoms with Crippen molar-refractivity contribution in [1.82, 2.24) is 24.6 Å². The van der Waals surface area contributed by atoms with Crippen LogP contribution in [0.4, 0.5) is 5.69 Å². The SMILES string of the molecule is CC(C)N(C(=O)CSc1nnc(CN2CCCC2=O)n1-c1ccccn1)c1ccccc1. The summed E-state index contributed by atoms with van der Waals surface area (Å²) in [5.41, 5.74) is 0.868. The zero-order valence-electron chi connectivity index (χ0n) is 18.2. The zero-order chi connectivity index (χ0) is 22.5. The maximum absolute atomic E-state index is 13.1. The van der Waals surface area contributed by atoms with Crippen LogP contribution >= 0.6 is 11.8 Å². The lowest BCUT2D eigenvalue weighted by atomic mass is 10.2. The lowest BCUT2D eigenvalue weighted by Gasteiger charge is -2.26.